The van der Waals surface area contributed by atoms with Crippen molar-refractivity contribution in [1.29, 1.82) is 0 Å². The molecule has 0 saturated carbocycles. The summed E-state index contributed by atoms with van der Waals surface area (Å²) in [6.45, 7) is 3.92. The average molecular weight is 319 g/mol. The Balaban J connectivity index is 2.35. The van der Waals surface area contributed by atoms with Crippen molar-refractivity contribution in [1.82, 2.24) is 4.98 Å². The van der Waals surface area contributed by atoms with Crippen LogP contribution >= 0.6 is 12.2 Å². The SMILES string of the molecule is Cc1ccc(-c2c(-c3ccccc3)cnc(C)c2C(O)=S)cc1. The number of nitrogens with zero attached hydrogens (tertiary/aromatic N) is 1. The molecule has 0 saturated heterocycles. The third-order valence-corrected chi connectivity index (χ3v) is 4.11. The van der Waals surface area contributed by atoms with Crippen LogP contribution in [-0.2, 0) is 0 Å². The Labute approximate surface area is 141 Å². The van der Waals surface area contributed by atoms with Gasteiger partial charge < -0.3 is 5.11 Å². The molecule has 3 rings (SSSR count). The molecule has 1 heterocycles. The van der Waals surface area contributed by atoms with Crippen LogP contribution in [0.3, 0.4) is 0 Å². The summed E-state index contributed by atoms with van der Waals surface area (Å²) in [6.07, 6.45) is 1.85. The van der Waals surface area contributed by atoms with E-state index in [4.69, 9.17) is 12.2 Å². The Morgan fingerprint density at radius 3 is 2.17 bits per heavy atom. The first-order chi connectivity index (χ1) is 11.1. The number of hydrogen-bond donors (Lipinski definition) is 1. The van der Waals surface area contributed by atoms with Gasteiger partial charge in [0, 0.05) is 23.0 Å². The lowest BCUT2D eigenvalue weighted by Crippen LogP contribution is -2.05. The van der Waals surface area contributed by atoms with Crippen LogP contribution < -0.4 is 0 Å². The van der Waals surface area contributed by atoms with E-state index in [-0.39, 0.29) is 5.05 Å². The summed E-state index contributed by atoms with van der Waals surface area (Å²) < 4.78 is 0. The summed E-state index contributed by atoms with van der Waals surface area (Å²) in [6, 6.07) is 18.3. The number of rotatable bonds is 3. The molecule has 0 aliphatic rings. The van der Waals surface area contributed by atoms with Crippen LogP contribution in [0, 0.1) is 13.8 Å². The lowest BCUT2D eigenvalue weighted by Gasteiger charge is -2.16. The molecule has 0 aliphatic heterocycles. The molecule has 114 valence electrons. The van der Waals surface area contributed by atoms with Crippen LogP contribution in [0.5, 0.6) is 0 Å². The Kier molecular flexibility index (Phi) is 4.22. The van der Waals surface area contributed by atoms with Gasteiger partial charge in [-0.25, -0.2) is 0 Å². The van der Waals surface area contributed by atoms with Crippen molar-refractivity contribution in [2.75, 3.05) is 0 Å². The predicted molar refractivity (Wildman–Crippen MR) is 98.9 cm³/mol. The van der Waals surface area contributed by atoms with Crippen LogP contribution in [-0.4, -0.2) is 15.1 Å². The van der Waals surface area contributed by atoms with Gasteiger partial charge in [-0.3, -0.25) is 4.98 Å². The summed E-state index contributed by atoms with van der Waals surface area (Å²) in [7, 11) is 0. The molecule has 0 atom stereocenters. The second-order valence-electron chi connectivity index (χ2n) is 5.54. The van der Waals surface area contributed by atoms with Gasteiger partial charge in [-0.15, -0.1) is 0 Å². The number of aliphatic hydroxyl groups excluding tert-OH is 1. The molecule has 0 aliphatic carbocycles. The highest BCUT2D eigenvalue weighted by molar-refractivity contribution is 7.80. The molecule has 0 radical (unpaired) electrons. The van der Waals surface area contributed by atoms with Gasteiger partial charge in [-0.05, 0) is 37.2 Å². The number of aromatic nitrogens is 1. The molecular formula is C20H17NOS. The zero-order valence-electron chi connectivity index (χ0n) is 13.1. The van der Waals surface area contributed by atoms with Crippen LogP contribution in [0.4, 0.5) is 0 Å². The molecule has 3 heteroatoms. The van der Waals surface area contributed by atoms with Crippen molar-refractivity contribution in [3.63, 3.8) is 0 Å². The lowest BCUT2D eigenvalue weighted by atomic mass is 9.91. The summed E-state index contributed by atoms with van der Waals surface area (Å²) in [5, 5.41) is 9.94. The standard InChI is InChI=1S/C20H17NOS/c1-13-8-10-16(11-9-13)19-17(15-6-4-3-5-7-15)12-21-14(2)18(19)20(22)23/h3-12H,1-2H3,(H,22,23). The molecule has 0 amide bonds. The smallest absolute Gasteiger partial charge is 0.191 e. The predicted octanol–water partition coefficient (Wildman–Crippen LogP) is 5.27. The average Bonchev–Trinajstić information content (AvgIpc) is 2.56. The Hall–Kier alpha value is -2.52. The van der Waals surface area contributed by atoms with Gasteiger partial charge in [0.2, 0.25) is 0 Å². The number of aliphatic hydroxyl groups is 1. The second-order valence-corrected chi connectivity index (χ2v) is 5.93. The van der Waals surface area contributed by atoms with Crippen LogP contribution in [0.2, 0.25) is 0 Å². The number of aryl methyl sites for hydroxylation is 2. The maximum Gasteiger partial charge on any atom is 0.191 e. The third-order valence-electron chi connectivity index (χ3n) is 3.91. The van der Waals surface area contributed by atoms with E-state index in [1.807, 2.05) is 43.5 Å². The summed E-state index contributed by atoms with van der Waals surface area (Å²) >= 11 is 5.09. The largest absolute Gasteiger partial charge is 0.498 e. The molecule has 23 heavy (non-hydrogen) atoms. The molecule has 0 bridgehead atoms. The van der Waals surface area contributed by atoms with Gasteiger partial charge in [0.15, 0.2) is 5.05 Å². The second kappa shape index (κ2) is 6.31. The Bertz CT molecular complexity index is 855. The van der Waals surface area contributed by atoms with Gasteiger partial charge in [-0.2, -0.15) is 0 Å². The van der Waals surface area contributed by atoms with Crippen LogP contribution in [0.25, 0.3) is 22.3 Å². The molecule has 0 fully saturated rings. The molecule has 1 aromatic heterocycles. The molecule has 1 N–H and O–H groups in total. The van der Waals surface area contributed by atoms with Crippen LogP contribution in [0.15, 0.2) is 60.8 Å². The maximum atomic E-state index is 10.1. The molecule has 0 unspecified atom stereocenters. The number of pyridine rings is 1. The highest BCUT2D eigenvalue weighted by Gasteiger charge is 2.18. The lowest BCUT2D eigenvalue weighted by molar-refractivity contribution is 0.570. The minimum absolute atomic E-state index is 0.122. The van der Waals surface area contributed by atoms with Gasteiger partial charge in [0.1, 0.15) is 0 Å². The van der Waals surface area contributed by atoms with E-state index < -0.39 is 0 Å². The first kappa shape index (κ1) is 15.4. The minimum Gasteiger partial charge on any atom is -0.498 e. The van der Waals surface area contributed by atoms with E-state index in [1.165, 1.54) is 5.56 Å². The Morgan fingerprint density at radius 2 is 1.57 bits per heavy atom. The summed E-state index contributed by atoms with van der Waals surface area (Å²) in [5.41, 5.74) is 6.51. The quantitative estimate of drug-likeness (QED) is 0.668. The monoisotopic (exact) mass is 319 g/mol. The first-order valence-electron chi connectivity index (χ1n) is 7.43. The van der Waals surface area contributed by atoms with Crippen LogP contribution in [0.1, 0.15) is 16.8 Å². The summed E-state index contributed by atoms with van der Waals surface area (Å²) in [4.78, 5) is 4.43. The first-order valence-corrected chi connectivity index (χ1v) is 7.84. The van der Waals surface area contributed by atoms with E-state index in [9.17, 15) is 5.11 Å². The summed E-state index contributed by atoms with van der Waals surface area (Å²) in [5.74, 6) is 0. The van der Waals surface area contributed by atoms with E-state index in [0.29, 0.717) is 5.56 Å². The molecule has 0 spiro atoms. The fourth-order valence-corrected chi connectivity index (χ4v) is 2.97. The van der Waals surface area contributed by atoms with E-state index in [2.05, 4.69) is 36.2 Å². The zero-order valence-corrected chi connectivity index (χ0v) is 13.9. The van der Waals surface area contributed by atoms with Gasteiger partial charge in [-0.1, -0.05) is 60.2 Å². The maximum absolute atomic E-state index is 10.1. The highest BCUT2D eigenvalue weighted by atomic mass is 32.1. The van der Waals surface area contributed by atoms with Crippen molar-refractivity contribution in [2.24, 2.45) is 0 Å². The van der Waals surface area contributed by atoms with E-state index >= 15 is 0 Å². The van der Waals surface area contributed by atoms with Crippen molar-refractivity contribution >= 4 is 17.3 Å². The van der Waals surface area contributed by atoms with Gasteiger partial charge in [0.25, 0.3) is 0 Å². The molecule has 2 aromatic carbocycles. The van der Waals surface area contributed by atoms with Gasteiger partial charge >= 0.3 is 0 Å². The highest BCUT2D eigenvalue weighted by Crippen LogP contribution is 2.36. The molecular weight excluding hydrogens is 302 g/mol. The van der Waals surface area contributed by atoms with Crippen molar-refractivity contribution in [3.8, 4) is 22.3 Å². The van der Waals surface area contributed by atoms with Gasteiger partial charge in [0.05, 0.1) is 5.56 Å². The normalized spacial score (nSPS) is 10.5. The molecule has 3 aromatic rings. The zero-order chi connectivity index (χ0) is 16.4. The number of thiocarbonyl (C=S) groups is 1. The molecule has 2 nitrogen and oxygen atoms in total. The van der Waals surface area contributed by atoms with Crippen molar-refractivity contribution in [3.05, 3.63) is 77.6 Å². The van der Waals surface area contributed by atoms with E-state index in [1.54, 1.807) is 0 Å². The fourth-order valence-electron chi connectivity index (χ4n) is 2.72. The Morgan fingerprint density at radius 1 is 0.913 bits per heavy atom. The van der Waals surface area contributed by atoms with Crippen molar-refractivity contribution in [2.45, 2.75) is 13.8 Å². The van der Waals surface area contributed by atoms with E-state index in [0.717, 1.165) is 27.9 Å². The minimum atomic E-state index is -0.122. The third kappa shape index (κ3) is 3.01. The number of benzene rings is 2. The number of hydrogen-bond acceptors (Lipinski definition) is 2. The fraction of sp³-hybridized carbons (Fsp3) is 0.100. The van der Waals surface area contributed by atoms with Crippen molar-refractivity contribution < 1.29 is 5.11 Å². The topological polar surface area (TPSA) is 33.1 Å².